The third-order valence-corrected chi connectivity index (χ3v) is 6.50. The molecule has 150 valence electrons. The molecule has 1 aromatic rings. The van der Waals surface area contributed by atoms with E-state index in [-0.39, 0.29) is 24.5 Å². The molecule has 1 fully saturated rings. The lowest BCUT2D eigenvalue weighted by molar-refractivity contribution is -0.137. The summed E-state index contributed by atoms with van der Waals surface area (Å²) in [5.74, 6) is 0. The summed E-state index contributed by atoms with van der Waals surface area (Å²) in [5, 5.41) is 8.51. The van der Waals surface area contributed by atoms with Crippen molar-refractivity contribution in [1.29, 1.82) is 5.26 Å². The number of rotatable bonds is 7. The highest BCUT2D eigenvalue weighted by molar-refractivity contribution is 7.89. The first kappa shape index (κ1) is 21.9. The molecule has 0 spiro atoms. The van der Waals surface area contributed by atoms with Crippen LogP contribution in [0, 0.1) is 11.3 Å². The molecule has 0 unspecified atom stereocenters. The van der Waals surface area contributed by atoms with Crippen LogP contribution in [-0.2, 0) is 20.9 Å². The smallest absolute Gasteiger partial charge is 0.379 e. The third-order valence-electron chi connectivity index (χ3n) is 4.12. The Morgan fingerprint density at radius 3 is 2.52 bits per heavy atom. The number of sulfonamides is 1. The molecule has 0 N–H and O–H groups in total. The standard InChI is InChI=1S/C16H19ClF3N3O3S/c17-14-3-2-13(16(18,19)20)12-15(14)27(24,25)23(5-1-4-21)7-6-22-8-10-26-11-9-22/h2-3,12H,1,5-11H2. The second-order valence-corrected chi connectivity index (χ2v) is 8.22. The molecule has 1 aromatic carbocycles. The monoisotopic (exact) mass is 425 g/mol. The predicted octanol–water partition coefficient (Wildman–Crippen LogP) is 2.60. The van der Waals surface area contributed by atoms with Crippen LogP contribution < -0.4 is 0 Å². The van der Waals surface area contributed by atoms with E-state index in [9.17, 15) is 21.6 Å². The predicted molar refractivity (Wildman–Crippen MR) is 92.7 cm³/mol. The Hall–Kier alpha value is -1.38. The zero-order valence-corrected chi connectivity index (χ0v) is 15.9. The summed E-state index contributed by atoms with van der Waals surface area (Å²) in [6, 6.07) is 4.04. The molecule has 0 radical (unpaired) electrons. The second-order valence-electron chi connectivity index (χ2n) is 5.91. The molecule has 0 aromatic heterocycles. The van der Waals surface area contributed by atoms with Gasteiger partial charge in [0.1, 0.15) is 4.90 Å². The van der Waals surface area contributed by atoms with Gasteiger partial charge < -0.3 is 4.74 Å². The minimum atomic E-state index is -4.69. The van der Waals surface area contributed by atoms with E-state index in [2.05, 4.69) is 0 Å². The van der Waals surface area contributed by atoms with E-state index in [1.165, 1.54) is 0 Å². The zero-order valence-electron chi connectivity index (χ0n) is 14.4. The molecule has 27 heavy (non-hydrogen) atoms. The fourth-order valence-electron chi connectivity index (χ4n) is 2.62. The van der Waals surface area contributed by atoms with Crippen molar-refractivity contribution in [2.45, 2.75) is 17.5 Å². The van der Waals surface area contributed by atoms with Crippen molar-refractivity contribution in [3.63, 3.8) is 0 Å². The Kier molecular flexibility index (Phi) is 7.47. The number of morpholine rings is 1. The highest BCUT2D eigenvalue weighted by Crippen LogP contribution is 2.34. The molecule has 1 heterocycles. The van der Waals surface area contributed by atoms with Gasteiger partial charge in [-0.2, -0.15) is 22.7 Å². The van der Waals surface area contributed by atoms with Crippen LogP contribution in [0.4, 0.5) is 13.2 Å². The zero-order chi connectivity index (χ0) is 20.1. The van der Waals surface area contributed by atoms with Gasteiger partial charge in [-0.25, -0.2) is 8.42 Å². The lowest BCUT2D eigenvalue weighted by Crippen LogP contribution is -2.43. The number of hydrogen-bond donors (Lipinski definition) is 0. The summed E-state index contributed by atoms with van der Waals surface area (Å²) in [6.45, 7) is 2.62. The van der Waals surface area contributed by atoms with Gasteiger partial charge in [0, 0.05) is 39.1 Å². The summed E-state index contributed by atoms with van der Waals surface area (Å²) in [5.41, 5.74) is -1.10. The van der Waals surface area contributed by atoms with Crippen LogP contribution in [0.25, 0.3) is 0 Å². The van der Waals surface area contributed by atoms with Gasteiger partial charge >= 0.3 is 6.18 Å². The minimum absolute atomic E-state index is 0.0383. The van der Waals surface area contributed by atoms with Gasteiger partial charge in [-0.3, -0.25) is 4.90 Å². The maximum Gasteiger partial charge on any atom is 0.416 e. The van der Waals surface area contributed by atoms with Crippen molar-refractivity contribution in [2.24, 2.45) is 0 Å². The lowest BCUT2D eigenvalue weighted by Gasteiger charge is -2.29. The molecule has 6 nitrogen and oxygen atoms in total. The van der Waals surface area contributed by atoms with Crippen molar-refractivity contribution in [3.05, 3.63) is 28.8 Å². The Balaban J connectivity index is 2.28. The fourth-order valence-corrected chi connectivity index (χ4v) is 4.55. The lowest BCUT2D eigenvalue weighted by atomic mass is 10.2. The number of benzene rings is 1. The van der Waals surface area contributed by atoms with Crippen LogP contribution in [0.1, 0.15) is 12.0 Å². The number of halogens is 4. The maximum atomic E-state index is 13.0. The largest absolute Gasteiger partial charge is 0.416 e. The summed E-state index contributed by atoms with van der Waals surface area (Å²) in [4.78, 5) is 1.38. The van der Waals surface area contributed by atoms with Gasteiger partial charge in [-0.05, 0) is 18.2 Å². The average Bonchev–Trinajstić information content (AvgIpc) is 2.61. The normalized spacial score (nSPS) is 16.4. The van der Waals surface area contributed by atoms with Crippen molar-refractivity contribution in [3.8, 4) is 6.07 Å². The van der Waals surface area contributed by atoms with E-state index in [1.54, 1.807) is 0 Å². The van der Waals surface area contributed by atoms with Gasteiger partial charge in [0.25, 0.3) is 0 Å². The molecule has 0 bridgehead atoms. The van der Waals surface area contributed by atoms with Crippen LogP contribution in [0.2, 0.25) is 5.02 Å². The Bertz CT molecular complexity index is 790. The molecule has 0 atom stereocenters. The van der Waals surface area contributed by atoms with Crippen molar-refractivity contribution in [2.75, 3.05) is 45.9 Å². The number of nitriles is 1. The van der Waals surface area contributed by atoms with Crippen LogP contribution in [0.5, 0.6) is 0 Å². The molecular formula is C16H19ClF3N3O3S. The van der Waals surface area contributed by atoms with E-state index in [0.29, 0.717) is 38.9 Å². The van der Waals surface area contributed by atoms with Crippen LogP contribution in [0.15, 0.2) is 23.1 Å². The molecule has 1 saturated heterocycles. The van der Waals surface area contributed by atoms with E-state index in [0.717, 1.165) is 16.4 Å². The molecule has 0 saturated carbocycles. The van der Waals surface area contributed by atoms with Crippen LogP contribution >= 0.6 is 11.6 Å². The second kappa shape index (κ2) is 9.21. The number of hydrogen-bond acceptors (Lipinski definition) is 5. The molecule has 1 aliphatic heterocycles. The van der Waals surface area contributed by atoms with Crippen LogP contribution in [0.3, 0.4) is 0 Å². The summed E-state index contributed by atoms with van der Waals surface area (Å²) in [6.07, 6.45) is -4.78. The molecule has 11 heteroatoms. The number of alkyl halides is 3. The summed E-state index contributed by atoms with van der Waals surface area (Å²) >= 11 is 5.89. The van der Waals surface area contributed by atoms with Gasteiger partial charge in [0.2, 0.25) is 10.0 Å². The van der Waals surface area contributed by atoms with Gasteiger partial charge in [0.05, 0.1) is 29.9 Å². The summed E-state index contributed by atoms with van der Waals surface area (Å²) < 4.78 is 71.0. The SMILES string of the molecule is N#CCCN(CCN1CCOCC1)S(=O)(=O)c1cc(C(F)(F)F)ccc1Cl. The number of nitrogens with zero attached hydrogens (tertiary/aromatic N) is 3. The van der Waals surface area contributed by atoms with Crippen molar-refractivity contribution >= 4 is 21.6 Å². The molecule has 2 rings (SSSR count). The maximum absolute atomic E-state index is 13.0. The van der Waals surface area contributed by atoms with Gasteiger partial charge in [-0.1, -0.05) is 11.6 Å². The van der Waals surface area contributed by atoms with Gasteiger partial charge in [0.15, 0.2) is 0 Å². The Morgan fingerprint density at radius 2 is 1.93 bits per heavy atom. The average molecular weight is 426 g/mol. The molecule has 0 aliphatic carbocycles. The first-order valence-corrected chi connectivity index (χ1v) is 10.0. The number of ether oxygens (including phenoxy) is 1. The first-order chi connectivity index (χ1) is 12.7. The highest BCUT2D eigenvalue weighted by Gasteiger charge is 2.34. The Morgan fingerprint density at radius 1 is 1.26 bits per heavy atom. The highest BCUT2D eigenvalue weighted by atomic mass is 35.5. The van der Waals surface area contributed by atoms with E-state index in [1.807, 2.05) is 11.0 Å². The van der Waals surface area contributed by atoms with Crippen molar-refractivity contribution < 1.29 is 26.3 Å². The first-order valence-electron chi connectivity index (χ1n) is 8.20. The van der Waals surface area contributed by atoms with Crippen LogP contribution in [-0.4, -0.2) is 63.6 Å². The molecular weight excluding hydrogens is 407 g/mol. The quantitative estimate of drug-likeness (QED) is 0.671. The molecule has 0 amide bonds. The fraction of sp³-hybridized carbons (Fsp3) is 0.562. The van der Waals surface area contributed by atoms with Gasteiger partial charge in [-0.15, -0.1) is 0 Å². The third kappa shape index (κ3) is 5.80. The molecule has 1 aliphatic rings. The van der Waals surface area contributed by atoms with E-state index >= 15 is 0 Å². The van der Waals surface area contributed by atoms with Crippen molar-refractivity contribution in [1.82, 2.24) is 9.21 Å². The van der Waals surface area contributed by atoms with E-state index in [4.69, 9.17) is 21.6 Å². The topological polar surface area (TPSA) is 73.6 Å². The Labute approximate surface area is 161 Å². The minimum Gasteiger partial charge on any atom is -0.379 e. The summed E-state index contributed by atoms with van der Waals surface area (Å²) in [7, 11) is -4.30. The van der Waals surface area contributed by atoms with E-state index < -0.39 is 26.7 Å².